The van der Waals surface area contributed by atoms with Crippen molar-refractivity contribution in [1.82, 2.24) is 9.97 Å². The molecule has 0 radical (unpaired) electrons. The minimum atomic E-state index is -1.89. The van der Waals surface area contributed by atoms with E-state index in [0.29, 0.717) is 10.4 Å². The average Bonchev–Trinajstić information content (AvgIpc) is 2.28. The first-order valence-corrected chi connectivity index (χ1v) is 5.42. The van der Waals surface area contributed by atoms with Gasteiger partial charge in [0.05, 0.1) is 24.3 Å². The predicted molar refractivity (Wildman–Crippen MR) is 63.0 cm³/mol. The normalized spacial score (nSPS) is 13.9. The highest BCUT2D eigenvalue weighted by atomic mass is 79.9. The Labute approximate surface area is 106 Å². The zero-order chi connectivity index (χ0) is 13.1. The first kappa shape index (κ1) is 13.7. The Morgan fingerprint density at radius 3 is 2.88 bits per heavy atom. The third-order valence-electron chi connectivity index (χ3n) is 1.96. The highest BCUT2D eigenvalue weighted by molar-refractivity contribution is 9.10. The summed E-state index contributed by atoms with van der Waals surface area (Å²) in [6, 6.07) is 0. The van der Waals surface area contributed by atoms with Gasteiger partial charge in [0.25, 0.3) is 0 Å². The molecule has 1 aromatic rings. The number of aliphatic carboxylic acids is 1. The van der Waals surface area contributed by atoms with Gasteiger partial charge in [-0.3, -0.25) is 0 Å². The fraction of sp³-hybridized carbons (Fsp3) is 0.444. The van der Waals surface area contributed by atoms with Crippen LogP contribution < -0.4 is 10.1 Å². The van der Waals surface area contributed by atoms with Crippen LogP contribution >= 0.6 is 15.9 Å². The number of carboxylic acid groups (broad SMARTS) is 1. The van der Waals surface area contributed by atoms with Crippen LogP contribution in [0.15, 0.2) is 10.7 Å². The van der Waals surface area contributed by atoms with E-state index in [4.69, 9.17) is 9.84 Å². The smallest absolute Gasteiger partial charge is 0.337 e. The molecule has 94 valence electrons. The molecule has 0 aliphatic rings. The van der Waals surface area contributed by atoms with Crippen LogP contribution in [0.2, 0.25) is 0 Å². The van der Waals surface area contributed by atoms with Gasteiger partial charge in [0.15, 0.2) is 5.60 Å². The fourth-order valence-corrected chi connectivity index (χ4v) is 1.26. The molecule has 0 aliphatic carbocycles. The quantitative estimate of drug-likeness (QED) is 0.727. The van der Waals surface area contributed by atoms with Crippen molar-refractivity contribution >= 4 is 27.8 Å². The summed E-state index contributed by atoms with van der Waals surface area (Å²) in [5.41, 5.74) is -1.89. The summed E-state index contributed by atoms with van der Waals surface area (Å²) in [5.74, 6) is -0.835. The number of nitrogens with zero attached hydrogens (tertiary/aromatic N) is 2. The molecule has 17 heavy (non-hydrogen) atoms. The summed E-state index contributed by atoms with van der Waals surface area (Å²) < 4.78 is 5.53. The van der Waals surface area contributed by atoms with Crippen LogP contribution in [0.1, 0.15) is 6.92 Å². The van der Waals surface area contributed by atoms with Crippen LogP contribution in [-0.2, 0) is 4.79 Å². The Kier molecular flexibility index (Phi) is 4.24. The van der Waals surface area contributed by atoms with Gasteiger partial charge in [0.1, 0.15) is 0 Å². The molecule has 0 aromatic carbocycles. The lowest BCUT2D eigenvalue weighted by Gasteiger charge is -2.18. The van der Waals surface area contributed by atoms with Crippen molar-refractivity contribution in [3.8, 4) is 5.88 Å². The van der Waals surface area contributed by atoms with Gasteiger partial charge in [-0.2, -0.15) is 4.98 Å². The second-order valence-electron chi connectivity index (χ2n) is 3.48. The van der Waals surface area contributed by atoms with E-state index in [9.17, 15) is 9.90 Å². The number of hydrogen-bond donors (Lipinski definition) is 3. The first-order chi connectivity index (χ1) is 7.86. The van der Waals surface area contributed by atoms with Crippen LogP contribution in [0.25, 0.3) is 0 Å². The van der Waals surface area contributed by atoms with Gasteiger partial charge in [-0.1, -0.05) is 0 Å². The minimum absolute atomic E-state index is 0.173. The van der Waals surface area contributed by atoms with Gasteiger partial charge in [0.2, 0.25) is 11.8 Å². The molecular weight excluding hydrogens is 294 g/mol. The summed E-state index contributed by atoms with van der Waals surface area (Å²) in [6.45, 7) is 0.964. The van der Waals surface area contributed by atoms with Crippen molar-refractivity contribution in [3.05, 3.63) is 10.7 Å². The van der Waals surface area contributed by atoms with Gasteiger partial charge in [-0.15, -0.1) is 0 Å². The van der Waals surface area contributed by atoms with Crippen molar-refractivity contribution in [2.45, 2.75) is 12.5 Å². The molecule has 7 nitrogen and oxygen atoms in total. The van der Waals surface area contributed by atoms with Crippen LogP contribution in [0.4, 0.5) is 5.95 Å². The van der Waals surface area contributed by atoms with E-state index in [1.54, 1.807) is 0 Å². The third kappa shape index (κ3) is 3.53. The van der Waals surface area contributed by atoms with E-state index in [1.165, 1.54) is 20.2 Å². The maximum absolute atomic E-state index is 10.7. The van der Waals surface area contributed by atoms with Gasteiger partial charge < -0.3 is 20.3 Å². The van der Waals surface area contributed by atoms with Crippen LogP contribution in [0.5, 0.6) is 5.88 Å². The molecule has 0 fully saturated rings. The molecule has 0 bridgehead atoms. The standard InChI is InChI=1S/C9H12BrN3O4/c1-9(16,7(14)15)4-12-8-11-3-5(10)6(13-8)17-2/h3,16H,4H2,1-2H3,(H,14,15)(H,11,12,13). The number of carbonyl (C=O) groups is 1. The Balaban J connectivity index is 2.73. The molecule has 0 amide bonds. The van der Waals surface area contributed by atoms with E-state index in [1.807, 2.05) is 0 Å². The van der Waals surface area contributed by atoms with E-state index in [0.717, 1.165) is 0 Å². The maximum atomic E-state index is 10.7. The molecule has 0 saturated heterocycles. The van der Waals surface area contributed by atoms with Crippen molar-refractivity contribution < 1.29 is 19.7 Å². The van der Waals surface area contributed by atoms with Crippen molar-refractivity contribution in [2.24, 2.45) is 0 Å². The number of ether oxygens (including phenoxy) is 1. The number of carboxylic acids is 1. The molecule has 0 spiro atoms. The summed E-state index contributed by atoms with van der Waals surface area (Å²) in [4.78, 5) is 18.5. The number of nitrogens with one attached hydrogen (secondary N) is 1. The van der Waals surface area contributed by atoms with E-state index >= 15 is 0 Å². The topological polar surface area (TPSA) is 105 Å². The second-order valence-corrected chi connectivity index (χ2v) is 4.34. The molecule has 3 N–H and O–H groups in total. The molecule has 1 heterocycles. The van der Waals surface area contributed by atoms with Gasteiger partial charge >= 0.3 is 5.97 Å². The molecule has 0 saturated carbocycles. The van der Waals surface area contributed by atoms with Crippen LogP contribution in [0.3, 0.4) is 0 Å². The highest BCUT2D eigenvalue weighted by Gasteiger charge is 2.29. The Bertz CT molecular complexity index is 425. The summed E-state index contributed by atoms with van der Waals surface area (Å²) in [6.07, 6.45) is 1.46. The Morgan fingerprint density at radius 2 is 2.35 bits per heavy atom. The number of anilines is 1. The molecule has 1 atom stereocenters. The number of aromatic nitrogens is 2. The molecule has 8 heteroatoms. The van der Waals surface area contributed by atoms with Crippen molar-refractivity contribution in [3.63, 3.8) is 0 Å². The lowest BCUT2D eigenvalue weighted by atomic mass is 10.1. The summed E-state index contributed by atoms with van der Waals surface area (Å²) in [5, 5.41) is 20.8. The van der Waals surface area contributed by atoms with Crippen molar-refractivity contribution in [1.29, 1.82) is 0 Å². The van der Waals surface area contributed by atoms with Gasteiger partial charge in [-0.05, 0) is 22.9 Å². The molecule has 1 rings (SSSR count). The third-order valence-corrected chi connectivity index (χ3v) is 2.50. The van der Waals surface area contributed by atoms with E-state index < -0.39 is 11.6 Å². The minimum Gasteiger partial charge on any atom is -0.480 e. The average molecular weight is 306 g/mol. The summed E-state index contributed by atoms with van der Waals surface area (Å²) in [7, 11) is 1.45. The largest absolute Gasteiger partial charge is 0.480 e. The lowest BCUT2D eigenvalue weighted by molar-refractivity contribution is -0.155. The maximum Gasteiger partial charge on any atom is 0.337 e. The molecule has 1 unspecified atom stereocenters. The number of methoxy groups -OCH3 is 1. The Morgan fingerprint density at radius 1 is 1.71 bits per heavy atom. The van der Waals surface area contributed by atoms with Crippen LogP contribution in [-0.4, -0.2) is 45.4 Å². The molecule has 1 aromatic heterocycles. The van der Waals surface area contributed by atoms with Crippen LogP contribution in [0, 0.1) is 0 Å². The van der Waals surface area contributed by atoms with E-state index in [-0.39, 0.29) is 12.5 Å². The lowest BCUT2D eigenvalue weighted by Crippen LogP contribution is -2.42. The Hall–Kier alpha value is -1.41. The highest BCUT2D eigenvalue weighted by Crippen LogP contribution is 2.21. The number of hydrogen-bond acceptors (Lipinski definition) is 6. The SMILES string of the molecule is COc1nc(NCC(C)(O)C(=O)O)ncc1Br. The van der Waals surface area contributed by atoms with E-state index in [2.05, 4.69) is 31.2 Å². The summed E-state index contributed by atoms with van der Waals surface area (Å²) >= 11 is 3.18. The number of aliphatic hydroxyl groups is 1. The monoisotopic (exact) mass is 305 g/mol. The van der Waals surface area contributed by atoms with Gasteiger partial charge in [0, 0.05) is 0 Å². The number of rotatable bonds is 5. The fourth-order valence-electron chi connectivity index (χ4n) is 0.907. The van der Waals surface area contributed by atoms with Crippen molar-refractivity contribution in [2.75, 3.05) is 19.0 Å². The molecule has 0 aliphatic heterocycles. The van der Waals surface area contributed by atoms with Gasteiger partial charge in [-0.25, -0.2) is 9.78 Å². The first-order valence-electron chi connectivity index (χ1n) is 4.63. The second kappa shape index (κ2) is 5.28. The number of halogens is 1. The predicted octanol–water partition coefficient (Wildman–Crippen LogP) is 0.495. The zero-order valence-corrected chi connectivity index (χ0v) is 10.9. The molecular formula is C9H12BrN3O4. The zero-order valence-electron chi connectivity index (χ0n) is 9.27.